The zero-order valence-corrected chi connectivity index (χ0v) is 11.1. The molecule has 5 N–H and O–H groups in total. The zero-order chi connectivity index (χ0) is 14.4. The van der Waals surface area contributed by atoms with E-state index in [1.165, 1.54) is 6.20 Å². The summed E-state index contributed by atoms with van der Waals surface area (Å²) in [5.41, 5.74) is 12.8. The van der Waals surface area contributed by atoms with Gasteiger partial charge in [-0.05, 0) is 24.1 Å². The molecule has 0 aliphatic heterocycles. The van der Waals surface area contributed by atoms with E-state index in [0.717, 1.165) is 12.0 Å². The first-order valence-corrected chi connectivity index (χ1v) is 6.47. The zero-order valence-electron chi connectivity index (χ0n) is 11.1. The van der Waals surface area contributed by atoms with Crippen LogP contribution < -0.4 is 16.8 Å². The molecule has 0 aliphatic rings. The van der Waals surface area contributed by atoms with Crippen molar-refractivity contribution in [3.63, 3.8) is 0 Å². The molecule has 1 aromatic heterocycles. The number of hydrogen-bond acceptors (Lipinski definition) is 4. The Bertz CT molecular complexity index is 554. The second-order valence-corrected chi connectivity index (χ2v) is 4.53. The third-order valence-electron chi connectivity index (χ3n) is 3.04. The second-order valence-electron chi connectivity index (χ2n) is 4.53. The average molecular weight is 270 g/mol. The molecule has 1 heterocycles. The monoisotopic (exact) mass is 270 g/mol. The van der Waals surface area contributed by atoms with Gasteiger partial charge in [-0.3, -0.25) is 4.79 Å². The molecule has 104 valence electrons. The number of benzene rings is 1. The summed E-state index contributed by atoms with van der Waals surface area (Å²) in [6, 6.07) is 13.3. The second kappa shape index (κ2) is 6.68. The summed E-state index contributed by atoms with van der Waals surface area (Å²) in [6.07, 6.45) is 2.26. The van der Waals surface area contributed by atoms with Gasteiger partial charge < -0.3 is 16.8 Å². The summed E-state index contributed by atoms with van der Waals surface area (Å²) in [4.78, 5) is 15.0. The van der Waals surface area contributed by atoms with Gasteiger partial charge in [0.1, 0.15) is 5.82 Å². The van der Waals surface area contributed by atoms with Gasteiger partial charge in [-0.25, -0.2) is 4.98 Å². The lowest BCUT2D eigenvalue weighted by Crippen LogP contribution is -2.16. The van der Waals surface area contributed by atoms with Crippen LogP contribution in [0.25, 0.3) is 0 Å². The van der Waals surface area contributed by atoms with Crippen molar-refractivity contribution in [1.82, 2.24) is 4.98 Å². The number of primary amides is 1. The van der Waals surface area contributed by atoms with E-state index in [1.807, 2.05) is 30.3 Å². The van der Waals surface area contributed by atoms with Crippen molar-refractivity contribution in [2.45, 2.75) is 12.5 Å². The van der Waals surface area contributed by atoms with Gasteiger partial charge in [0, 0.05) is 18.8 Å². The number of hydrogen-bond donors (Lipinski definition) is 3. The first-order chi connectivity index (χ1) is 9.66. The van der Waals surface area contributed by atoms with Crippen molar-refractivity contribution in [1.29, 1.82) is 0 Å². The third-order valence-corrected chi connectivity index (χ3v) is 3.04. The predicted octanol–water partition coefficient (Wildman–Crippen LogP) is 1.68. The molecule has 2 rings (SSSR count). The lowest BCUT2D eigenvalue weighted by Gasteiger charge is -2.12. The minimum absolute atomic E-state index is 0.00593. The van der Waals surface area contributed by atoms with Crippen molar-refractivity contribution in [2.75, 3.05) is 11.9 Å². The van der Waals surface area contributed by atoms with Crippen molar-refractivity contribution in [3.8, 4) is 0 Å². The molecule has 0 saturated carbocycles. The molecule has 0 radical (unpaired) electrons. The topological polar surface area (TPSA) is 94.0 Å². The van der Waals surface area contributed by atoms with Gasteiger partial charge in [-0.1, -0.05) is 30.3 Å². The maximum absolute atomic E-state index is 10.9. The number of amides is 1. The summed E-state index contributed by atoms with van der Waals surface area (Å²) in [5.74, 6) is 0.227. The van der Waals surface area contributed by atoms with E-state index in [9.17, 15) is 4.79 Å². The number of pyridine rings is 1. The Labute approximate surface area is 118 Å². The number of nitrogens with zero attached hydrogens (tertiary/aromatic N) is 1. The molecule has 20 heavy (non-hydrogen) atoms. The normalized spacial score (nSPS) is 11.8. The summed E-state index contributed by atoms with van der Waals surface area (Å²) in [6.45, 7) is 0.707. The SMILES string of the molecule is NC(=O)c1ccc(NCCC(N)c2ccccc2)nc1. The highest BCUT2D eigenvalue weighted by atomic mass is 16.1. The molecule has 5 heteroatoms. The minimum Gasteiger partial charge on any atom is -0.370 e. The van der Waals surface area contributed by atoms with Crippen LogP contribution in [0.2, 0.25) is 0 Å². The molecule has 1 atom stereocenters. The summed E-state index contributed by atoms with van der Waals surface area (Å²) in [5, 5.41) is 3.17. The van der Waals surface area contributed by atoms with E-state index in [4.69, 9.17) is 11.5 Å². The van der Waals surface area contributed by atoms with Gasteiger partial charge in [0.15, 0.2) is 0 Å². The van der Waals surface area contributed by atoms with E-state index in [2.05, 4.69) is 10.3 Å². The van der Waals surface area contributed by atoms with Gasteiger partial charge in [0.25, 0.3) is 0 Å². The highest BCUT2D eigenvalue weighted by molar-refractivity contribution is 5.92. The first-order valence-electron chi connectivity index (χ1n) is 6.47. The molecule has 0 spiro atoms. The molecule has 0 fully saturated rings. The molecule has 0 aliphatic carbocycles. The molecule has 0 bridgehead atoms. The van der Waals surface area contributed by atoms with Crippen molar-refractivity contribution in [2.24, 2.45) is 11.5 Å². The third kappa shape index (κ3) is 3.80. The first kappa shape index (κ1) is 14.0. The van der Waals surface area contributed by atoms with Crippen LogP contribution in [0.1, 0.15) is 28.4 Å². The van der Waals surface area contributed by atoms with Crippen LogP contribution in [-0.2, 0) is 0 Å². The lowest BCUT2D eigenvalue weighted by atomic mass is 10.1. The Morgan fingerprint density at radius 3 is 2.55 bits per heavy atom. The van der Waals surface area contributed by atoms with Crippen LogP contribution in [-0.4, -0.2) is 17.4 Å². The Morgan fingerprint density at radius 1 is 1.20 bits per heavy atom. The van der Waals surface area contributed by atoms with E-state index in [1.54, 1.807) is 12.1 Å². The van der Waals surface area contributed by atoms with E-state index >= 15 is 0 Å². The Hall–Kier alpha value is -2.40. The number of nitrogens with two attached hydrogens (primary N) is 2. The smallest absolute Gasteiger partial charge is 0.250 e. The van der Waals surface area contributed by atoms with Crippen LogP contribution in [0.3, 0.4) is 0 Å². The van der Waals surface area contributed by atoms with Gasteiger partial charge in [-0.2, -0.15) is 0 Å². The maximum Gasteiger partial charge on any atom is 0.250 e. The van der Waals surface area contributed by atoms with Gasteiger partial charge in [-0.15, -0.1) is 0 Å². The maximum atomic E-state index is 10.9. The Kier molecular flexibility index (Phi) is 4.68. The molecular formula is C15H18N4O. The van der Waals surface area contributed by atoms with E-state index in [0.29, 0.717) is 17.9 Å². The quantitative estimate of drug-likeness (QED) is 0.744. The van der Waals surface area contributed by atoms with Crippen molar-refractivity contribution < 1.29 is 4.79 Å². The number of carbonyl (C=O) groups is 1. The number of anilines is 1. The van der Waals surface area contributed by atoms with Crippen LogP contribution in [0.5, 0.6) is 0 Å². The molecule has 2 aromatic rings. The predicted molar refractivity (Wildman–Crippen MR) is 79.2 cm³/mol. The van der Waals surface area contributed by atoms with Gasteiger partial charge in [0.2, 0.25) is 5.91 Å². The molecule has 0 saturated heterocycles. The molecule has 1 aromatic carbocycles. The number of carbonyl (C=O) groups excluding carboxylic acids is 1. The summed E-state index contributed by atoms with van der Waals surface area (Å²) >= 11 is 0. The number of aromatic nitrogens is 1. The van der Waals surface area contributed by atoms with Crippen molar-refractivity contribution >= 4 is 11.7 Å². The van der Waals surface area contributed by atoms with Crippen LogP contribution in [0.4, 0.5) is 5.82 Å². The molecular weight excluding hydrogens is 252 g/mol. The molecule has 1 amide bonds. The lowest BCUT2D eigenvalue weighted by molar-refractivity contribution is 0.1000. The molecule has 1 unspecified atom stereocenters. The largest absolute Gasteiger partial charge is 0.370 e. The Balaban J connectivity index is 1.82. The Morgan fingerprint density at radius 2 is 1.95 bits per heavy atom. The summed E-state index contributed by atoms with van der Waals surface area (Å²) in [7, 11) is 0. The van der Waals surface area contributed by atoms with E-state index < -0.39 is 5.91 Å². The fourth-order valence-electron chi connectivity index (χ4n) is 1.87. The van der Waals surface area contributed by atoms with Gasteiger partial charge in [0.05, 0.1) is 5.56 Å². The fourth-order valence-corrected chi connectivity index (χ4v) is 1.87. The highest BCUT2D eigenvalue weighted by Gasteiger charge is 2.05. The average Bonchev–Trinajstić information content (AvgIpc) is 2.48. The van der Waals surface area contributed by atoms with E-state index in [-0.39, 0.29) is 6.04 Å². The summed E-state index contributed by atoms with van der Waals surface area (Å²) < 4.78 is 0. The van der Waals surface area contributed by atoms with Crippen LogP contribution >= 0.6 is 0 Å². The number of rotatable bonds is 6. The standard InChI is InChI=1S/C15H18N4O/c16-13(11-4-2-1-3-5-11)8-9-18-14-7-6-12(10-19-14)15(17)20/h1-7,10,13H,8-9,16H2,(H2,17,20)(H,18,19). The number of nitrogens with one attached hydrogen (secondary N) is 1. The fraction of sp³-hybridized carbons (Fsp3) is 0.200. The highest BCUT2D eigenvalue weighted by Crippen LogP contribution is 2.13. The van der Waals surface area contributed by atoms with Crippen LogP contribution in [0.15, 0.2) is 48.7 Å². The minimum atomic E-state index is -0.477. The van der Waals surface area contributed by atoms with Gasteiger partial charge >= 0.3 is 0 Å². The van der Waals surface area contributed by atoms with Crippen LogP contribution in [0, 0.1) is 0 Å². The molecule has 5 nitrogen and oxygen atoms in total. The van der Waals surface area contributed by atoms with Crippen molar-refractivity contribution in [3.05, 3.63) is 59.8 Å².